The van der Waals surface area contributed by atoms with E-state index in [2.05, 4.69) is 57.9 Å². The number of fused-ring (bicyclic) bond motifs is 6. The van der Waals surface area contributed by atoms with E-state index in [9.17, 15) is 4.79 Å². The third-order valence-corrected chi connectivity index (χ3v) is 9.10. The van der Waals surface area contributed by atoms with E-state index in [1.807, 2.05) is 22.8 Å². The van der Waals surface area contributed by atoms with Crippen molar-refractivity contribution in [1.29, 1.82) is 0 Å². The molecule has 0 N–H and O–H groups in total. The van der Waals surface area contributed by atoms with Gasteiger partial charge in [0.2, 0.25) is 5.78 Å². The molecule has 0 saturated heterocycles. The van der Waals surface area contributed by atoms with Crippen LogP contribution in [0.2, 0.25) is 0 Å². The number of hydrogen-bond acceptors (Lipinski definition) is 4. The molecule has 5 nitrogen and oxygen atoms in total. The molecule has 2 aliphatic rings. The van der Waals surface area contributed by atoms with Crippen LogP contribution in [0.5, 0.6) is 0 Å². The first-order chi connectivity index (χ1) is 17.7. The highest BCUT2D eigenvalue weighted by Crippen LogP contribution is 2.50. The van der Waals surface area contributed by atoms with E-state index in [4.69, 9.17) is 0 Å². The first kappa shape index (κ1) is 23.5. The normalized spacial score (nSPS) is 15.9. The summed E-state index contributed by atoms with van der Waals surface area (Å²) in [5, 5.41) is 10.2. The van der Waals surface area contributed by atoms with Crippen molar-refractivity contribution in [3.8, 4) is 11.3 Å². The fourth-order valence-corrected chi connectivity index (χ4v) is 7.27. The molecule has 2 aromatic heterocycles. The average Bonchev–Trinajstić information content (AvgIpc) is 3.54. The number of thioether (sulfide) groups is 1. The molecule has 2 aromatic carbocycles. The molecule has 0 unspecified atom stereocenters. The molecule has 1 saturated carbocycles. The monoisotopic (exact) mass is 498 g/mol. The van der Waals surface area contributed by atoms with E-state index >= 15 is 0 Å². The number of rotatable bonds is 8. The average molecular weight is 499 g/mol. The molecule has 6 rings (SSSR count). The fraction of sp³-hybridized carbons (Fsp3) is 0.433. The molecule has 2 aliphatic carbocycles. The van der Waals surface area contributed by atoms with Crippen LogP contribution in [0.25, 0.3) is 17.0 Å². The van der Waals surface area contributed by atoms with Gasteiger partial charge in [0.1, 0.15) is 0 Å². The molecule has 1 fully saturated rings. The quantitative estimate of drug-likeness (QED) is 0.202. The van der Waals surface area contributed by atoms with E-state index in [0.717, 1.165) is 47.0 Å². The lowest BCUT2D eigenvalue weighted by Crippen LogP contribution is -2.40. The van der Waals surface area contributed by atoms with Crippen LogP contribution in [0.4, 0.5) is 0 Å². The minimum Gasteiger partial charge on any atom is -0.272 e. The second kappa shape index (κ2) is 9.89. The molecular weight excluding hydrogens is 464 g/mol. The number of hydrogen-bond donors (Lipinski definition) is 0. The van der Waals surface area contributed by atoms with Gasteiger partial charge in [-0.25, -0.2) is 0 Å². The van der Waals surface area contributed by atoms with E-state index in [1.54, 1.807) is 11.8 Å². The van der Waals surface area contributed by atoms with Crippen molar-refractivity contribution in [2.75, 3.05) is 5.75 Å². The Labute approximate surface area is 217 Å². The zero-order chi connectivity index (χ0) is 24.5. The molecule has 0 bridgehead atoms. The minimum absolute atomic E-state index is 0.0965. The second-order valence-corrected chi connectivity index (χ2v) is 11.5. The van der Waals surface area contributed by atoms with Crippen molar-refractivity contribution in [3.05, 3.63) is 81.6 Å². The first-order valence-electron chi connectivity index (χ1n) is 13.5. The van der Waals surface area contributed by atoms with Crippen LogP contribution in [0.15, 0.2) is 64.5 Å². The van der Waals surface area contributed by atoms with Crippen LogP contribution in [0.1, 0.15) is 75.0 Å². The zero-order valence-electron chi connectivity index (χ0n) is 21.1. The second-order valence-electron chi connectivity index (χ2n) is 10.4. The summed E-state index contributed by atoms with van der Waals surface area (Å²) in [7, 11) is 0. The third-order valence-electron chi connectivity index (χ3n) is 8.08. The predicted molar refractivity (Wildman–Crippen MR) is 147 cm³/mol. The van der Waals surface area contributed by atoms with Gasteiger partial charge in [0.15, 0.2) is 5.16 Å². The smallest absolute Gasteiger partial charge is 0.259 e. The zero-order valence-corrected chi connectivity index (χ0v) is 21.9. The number of unbranched alkanes of at least 4 members (excludes halogenated alkanes) is 3. The molecular formula is C30H34N4OS. The van der Waals surface area contributed by atoms with Gasteiger partial charge in [-0.15, -0.1) is 10.2 Å². The van der Waals surface area contributed by atoms with Gasteiger partial charge in [-0.2, -0.15) is 0 Å². The molecule has 36 heavy (non-hydrogen) atoms. The van der Waals surface area contributed by atoms with Crippen LogP contribution in [0.3, 0.4) is 0 Å². The summed E-state index contributed by atoms with van der Waals surface area (Å²) in [5.41, 5.74) is 5.69. The molecule has 186 valence electrons. The lowest BCUT2D eigenvalue weighted by atomic mass is 9.68. The maximum absolute atomic E-state index is 14.4. The highest BCUT2D eigenvalue weighted by atomic mass is 32.2. The maximum atomic E-state index is 14.4. The Morgan fingerprint density at radius 1 is 0.944 bits per heavy atom. The molecule has 6 heteroatoms. The van der Waals surface area contributed by atoms with E-state index in [-0.39, 0.29) is 11.0 Å². The van der Waals surface area contributed by atoms with Gasteiger partial charge >= 0.3 is 0 Å². The molecule has 0 radical (unpaired) electrons. The Bertz CT molecular complexity index is 1430. The standard InChI is InChI=1S/C30H34N4OS/c1-2-3-4-12-19-36-29-32-31-28-33(21-22-13-6-5-7-14-22)27(35)25-26(34(28)29)24-16-9-8-15-23(24)20-30(25)17-10-11-18-30/h5-9,13-16H,2-4,10-12,17-21H2,1H3. The third kappa shape index (κ3) is 4.00. The van der Waals surface area contributed by atoms with Crippen LogP contribution in [0, 0.1) is 0 Å². The van der Waals surface area contributed by atoms with E-state index in [1.165, 1.54) is 49.7 Å². The van der Waals surface area contributed by atoms with Crippen LogP contribution < -0.4 is 5.56 Å². The van der Waals surface area contributed by atoms with Gasteiger partial charge in [-0.1, -0.05) is 105 Å². The van der Waals surface area contributed by atoms with Crippen molar-refractivity contribution in [2.45, 2.75) is 81.8 Å². The molecule has 0 aliphatic heterocycles. The Kier molecular flexibility index (Phi) is 6.46. The van der Waals surface area contributed by atoms with Crippen molar-refractivity contribution in [2.24, 2.45) is 0 Å². The Balaban J connectivity index is 1.58. The van der Waals surface area contributed by atoms with Crippen molar-refractivity contribution < 1.29 is 0 Å². The van der Waals surface area contributed by atoms with E-state index in [0.29, 0.717) is 12.3 Å². The Hall–Kier alpha value is -2.86. The number of benzene rings is 2. The Morgan fingerprint density at radius 2 is 1.72 bits per heavy atom. The van der Waals surface area contributed by atoms with Gasteiger partial charge in [-0.05, 0) is 36.8 Å². The fourth-order valence-electron chi connectivity index (χ4n) is 6.34. The number of aromatic nitrogens is 4. The summed E-state index contributed by atoms with van der Waals surface area (Å²) in [6.07, 6.45) is 10.4. The largest absolute Gasteiger partial charge is 0.272 e. The summed E-state index contributed by atoms with van der Waals surface area (Å²) in [5.74, 6) is 1.67. The van der Waals surface area contributed by atoms with Gasteiger partial charge < -0.3 is 0 Å². The lowest BCUT2D eigenvalue weighted by Gasteiger charge is -2.37. The SMILES string of the molecule is CCCCCCSc1nnc2n(Cc3ccccc3)c(=O)c3c(n12)-c1ccccc1CC31CCCC1. The first-order valence-corrected chi connectivity index (χ1v) is 14.5. The maximum Gasteiger partial charge on any atom is 0.259 e. The van der Waals surface area contributed by atoms with Gasteiger partial charge in [0.05, 0.1) is 12.2 Å². The molecule has 0 amide bonds. The summed E-state index contributed by atoms with van der Waals surface area (Å²) in [6, 6.07) is 18.9. The molecule has 2 heterocycles. The summed E-state index contributed by atoms with van der Waals surface area (Å²) >= 11 is 1.78. The summed E-state index contributed by atoms with van der Waals surface area (Å²) in [4.78, 5) is 14.4. The predicted octanol–water partition coefficient (Wildman–Crippen LogP) is 6.65. The van der Waals surface area contributed by atoms with Crippen molar-refractivity contribution in [3.63, 3.8) is 0 Å². The van der Waals surface area contributed by atoms with Gasteiger partial charge in [0, 0.05) is 22.3 Å². The minimum atomic E-state index is -0.0965. The highest BCUT2D eigenvalue weighted by molar-refractivity contribution is 7.99. The van der Waals surface area contributed by atoms with Crippen LogP contribution >= 0.6 is 11.8 Å². The molecule has 1 spiro atoms. The topological polar surface area (TPSA) is 52.2 Å². The van der Waals surface area contributed by atoms with Gasteiger partial charge in [-0.3, -0.25) is 13.8 Å². The van der Waals surface area contributed by atoms with Crippen LogP contribution in [-0.4, -0.2) is 24.9 Å². The molecule has 0 atom stereocenters. The van der Waals surface area contributed by atoms with Crippen molar-refractivity contribution >= 4 is 17.5 Å². The van der Waals surface area contributed by atoms with Crippen molar-refractivity contribution in [1.82, 2.24) is 19.2 Å². The Morgan fingerprint density at radius 3 is 2.53 bits per heavy atom. The lowest BCUT2D eigenvalue weighted by molar-refractivity contribution is 0.421. The molecule has 4 aromatic rings. The summed E-state index contributed by atoms with van der Waals surface area (Å²) < 4.78 is 4.11. The van der Waals surface area contributed by atoms with E-state index < -0.39 is 0 Å². The highest BCUT2D eigenvalue weighted by Gasteiger charge is 2.45. The number of nitrogens with zero attached hydrogens (tertiary/aromatic N) is 4. The summed E-state index contributed by atoms with van der Waals surface area (Å²) in [6.45, 7) is 2.75. The van der Waals surface area contributed by atoms with Gasteiger partial charge in [0.25, 0.3) is 5.56 Å². The van der Waals surface area contributed by atoms with Crippen LogP contribution in [-0.2, 0) is 18.4 Å².